The molecule has 0 unspecified atom stereocenters. The van der Waals surface area contributed by atoms with E-state index < -0.39 is 28.5 Å². The summed E-state index contributed by atoms with van der Waals surface area (Å²) in [5.41, 5.74) is 2.06. The van der Waals surface area contributed by atoms with Gasteiger partial charge in [-0.05, 0) is 68.7 Å². The van der Waals surface area contributed by atoms with Crippen LogP contribution >= 0.6 is 0 Å². The third-order valence-corrected chi connectivity index (χ3v) is 8.62. The fraction of sp³-hybridized carbons (Fsp3) is 0.355. The first-order valence-corrected chi connectivity index (χ1v) is 14.9. The molecular formula is C31H39N3O5S. The number of hydrogen-bond donors (Lipinski definition) is 1. The highest BCUT2D eigenvalue weighted by Gasteiger charge is 2.34. The number of hydrogen-bond acceptors (Lipinski definition) is 5. The number of amides is 2. The Morgan fingerprint density at radius 3 is 2.08 bits per heavy atom. The monoisotopic (exact) mass is 565 g/mol. The van der Waals surface area contributed by atoms with Crippen molar-refractivity contribution in [2.45, 2.75) is 64.1 Å². The molecule has 0 aliphatic rings. The van der Waals surface area contributed by atoms with Crippen molar-refractivity contribution in [1.82, 2.24) is 10.2 Å². The second-order valence-corrected chi connectivity index (χ2v) is 11.6. The summed E-state index contributed by atoms with van der Waals surface area (Å²) in [6.07, 6.45) is 1.11. The fourth-order valence-electron chi connectivity index (χ4n) is 4.26. The predicted molar refractivity (Wildman–Crippen MR) is 158 cm³/mol. The maximum atomic E-state index is 14.1. The molecule has 0 aromatic heterocycles. The predicted octanol–water partition coefficient (Wildman–Crippen LogP) is 4.92. The van der Waals surface area contributed by atoms with Gasteiger partial charge >= 0.3 is 0 Å². The number of aryl methyl sites for hydroxylation is 1. The van der Waals surface area contributed by atoms with Gasteiger partial charge in [-0.25, -0.2) is 8.42 Å². The number of carbonyl (C=O) groups is 2. The van der Waals surface area contributed by atoms with Crippen molar-refractivity contribution < 1.29 is 22.7 Å². The van der Waals surface area contributed by atoms with Crippen LogP contribution in [0.1, 0.15) is 44.7 Å². The molecule has 0 fully saturated rings. The van der Waals surface area contributed by atoms with Crippen molar-refractivity contribution in [2.24, 2.45) is 0 Å². The standard InChI is InChI=1S/C31H39N3O5S/c1-6-24(4)32-31(36)29(7-2)33(21-25-11-9-8-10-12-25)30(35)22-34(26-15-17-27(39-5)18-16-26)40(37,38)28-19-13-23(3)14-20-28/h8-20,24,29H,6-7,21-22H2,1-5H3,(H,32,36)/t24-,29+/m1/s1. The zero-order valence-electron chi connectivity index (χ0n) is 23.8. The third kappa shape index (κ3) is 7.63. The first kappa shape index (κ1) is 30.7. The highest BCUT2D eigenvalue weighted by atomic mass is 32.2. The van der Waals surface area contributed by atoms with Crippen LogP contribution in [0.15, 0.2) is 83.8 Å². The summed E-state index contributed by atoms with van der Waals surface area (Å²) in [6.45, 7) is 7.28. The van der Waals surface area contributed by atoms with Gasteiger partial charge in [-0.1, -0.05) is 61.9 Å². The second-order valence-electron chi connectivity index (χ2n) is 9.77. The lowest BCUT2D eigenvalue weighted by Crippen LogP contribution is -2.53. The van der Waals surface area contributed by atoms with E-state index in [0.717, 1.165) is 21.9 Å². The number of carbonyl (C=O) groups excluding carboxylic acids is 2. The van der Waals surface area contributed by atoms with Gasteiger partial charge in [0, 0.05) is 12.6 Å². The number of nitrogens with zero attached hydrogens (tertiary/aromatic N) is 2. The van der Waals surface area contributed by atoms with Crippen molar-refractivity contribution >= 4 is 27.5 Å². The van der Waals surface area contributed by atoms with Gasteiger partial charge in [-0.2, -0.15) is 0 Å². The van der Waals surface area contributed by atoms with E-state index in [1.54, 1.807) is 36.4 Å². The Balaban J connectivity index is 2.04. The van der Waals surface area contributed by atoms with Crippen molar-refractivity contribution in [3.8, 4) is 5.75 Å². The minimum Gasteiger partial charge on any atom is -0.497 e. The maximum absolute atomic E-state index is 14.1. The molecule has 0 spiro atoms. The molecule has 214 valence electrons. The molecule has 1 N–H and O–H groups in total. The van der Waals surface area contributed by atoms with Crippen LogP contribution in [-0.4, -0.2) is 50.9 Å². The Bertz CT molecular complexity index is 1360. The molecule has 3 rings (SSSR count). The van der Waals surface area contributed by atoms with Gasteiger partial charge in [0.15, 0.2) is 0 Å². The third-order valence-electron chi connectivity index (χ3n) is 6.83. The molecule has 9 heteroatoms. The molecule has 0 heterocycles. The van der Waals surface area contributed by atoms with Gasteiger partial charge in [0.25, 0.3) is 10.0 Å². The largest absolute Gasteiger partial charge is 0.497 e. The average molecular weight is 566 g/mol. The summed E-state index contributed by atoms with van der Waals surface area (Å²) in [5, 5.41) is 2.98. The van der Waals surface area contributed by atoms with Gasteiger partial charge in [0.05, 0.1) is 17.7 Å². The van der Waals surface area contributed by atoms with Crippen molar-refractivity contribution in [3.63, 3.8) is 0 Å². The van der Waals surface area contributed by atoms with E-state index in [4.69, 9.17) is 4.74 Å². The molecule has 3 aromatic rings. The van der Waals surface area contributed by atoms with Crippen LogP contribution in [0.25, 0.3) is 0 Å². The second kappa shape index (κ2) is 14.0. The Hall–Kier alpha value is -3.85. The molecule has 0 radical (unpaired) electrons. The van der Waals surface area contributed by atoms with Gasteiger partial charge < -0.3 is 15.0 Å². The lowest BCUT2D eigenvalue weighted by Gasteiger charge is -2.33. The van der Waals surface area contributed by atoms with Crippen LogP contribution in [0, 0.1) is 6.92 Å². The molecule has 0 aliphatic carbocycles. The van der Waals surface area contributed by atoms with E-state index in [9.17, 15) is 18.0 Å². The zero-order valence-corrected chi connectivity index (χ0v) is 24.6. The van der Waals surface area contributed by atoms with Crippen LogP contribution in [0.5, 0.6) is 5.75 Å². The Morgan fingerprint density at radius 1 is 0.900 bits per heavy atom. The maximum Gasteiger partial charge on any atom is 0.264 e. The summed E-state index contributed by atoms with van der Waals surface area (Å²) < 4.78 is 34.2. The highest BCUT2D eigenvalue weighted by molar-refractivity contribution is 7.92. The molecule has 8 nitrogen and oxygen atoms in total. The molecule has 3 aromatic carbocycles. The van der Waals surface area contributed by atoms with Crippen LogP contribution < -0.4 is 14.4 Å². The Labute approximate surface area is 238 Å². The van der Waals surface area contributed by atoms with E-state index in [-0.39, 0.29) is 23.4 Å². The zero-order chi connectivity index (χ0) is 29.3. The molecule has 2 amide bonds. The van der Waals surface area contributed by atoms with Crippen LogP contribution in [-0.2, 0) is 26.2 Å². The van der Waals surface area contributed by atoms with E-state index in [0.29, 0.717) is 17.9 Å². The summed E-state index contributed by atoms with van der Waals surface area (Å²) in [7, 11) is -2.60. The van der Waals surface area contributed by atoms with Gasteiger partial charge in [-0.15, -0.1) is 0 Å². The summed E-state index contributed by atoms with van der Waals surface area (Å²) in [4.78, 5) is 28.9. The van der Waals surface area contributed by atoms with Crippen LogP contribution in [0.4, 0.5) is 5.69 Å². The number of anilines is 1. The summed E-state index contributed by atoms with van der Waals surface area (Å²) >= 11 is 0. The topological polar surface area (TPSA) is 96.0 Å². The van der Waals surface area contributed by atoms with Crippen LogP contribution in [0.2, 0.25) is 0 Å². The molecular weight excluding hydrogens is 526 g/mol. The SMILES string of the molecule is CC[C@@H](C)NC(=O)[C@H](CC)N(Cc1ccccc1)C(=O)CN(c1ccc(OC)cc1)S(=O)(=O)c1ccc(C)cc1. The highest BCUT2D eigenvalue weighted by Crippen LogP contribution is 2.27. The van der Waals surface area contributed by atoms with Gasteiger partial charge in [0.1, 0.15) is 18.3 Å². The molecule has 0 saturated heterocycles. The number of benzene rings is 3. The van der Waals surface area contributed by atoms with Gasteiger partial charge in [-0.3, -0.25) is 13.9 Å². The number of sulfonamides is 1. The lowest BCUT2D eigenvalue weighted by atomic mass is 10.1. The average Bonchev–Trinajstić information content (AvgIpc) is 2.96. The first-order chi connectivity index (χ1) is 19.1. The van der Waals surface area contributed by atoms with E-state index in [2.05, 4.69) is 5.32 Å². The molecule has 0 aliphatic heterocycles. The smallest absolute Gasteiger partial charge is 0.264 e. The molecule has 0 bridgehead atoms. The number of nitrogens with one attached hydrogen (secondary N) is 1. The Morgan fingerprint density at radius 2 is 1.52 bits per heavy atom. The molecule has 40 heavy (non-hydrogen) atoms. The molecule has 0 saturated carbocycles. The quantitative estimate of drug-likeness (QED) is 0.317. The Kier molecular flexibility index (Phi) is 10.7. The lowest BCUT2D eigenvalue weighted by molar-refractivity contribution is -0.140. The van der Waals surface area contributed by atoms with Crippen molar-refractivity contribution in [2.75, 3.05) is 18.0 Å². The molecule has 2 atom stereocenters. The fourth-order valence-corrected chi connectivity index (χ4v) is 5.67. The number of ether oxygens (including phenoxy) is 1. The normalized spacial score (nSPS) is 12.7. The van der Waals surface area contributed by atoms with E-state index in [1.807, 2.05) is 58.0 Å². The van der Waals surface area contributed by atoms with E-state index in [1.165, 1.54) is 24.1 Å². The summed E-state index contributed by atoms with van der Waals surface area (Å²) in [6, 6.07) is 21.5. The first-order valence-electron chi connectivity index (χ1n) is 13.5. The van der Waals surface area contributed by atoms with Crippen molar-refractivity contribution in [1.29, 1.82) is 0 Å². The van der Waals surface area contributed by atoms with Crippen molar-refractivity contribution in [3.05, 3.63) is 90.0 Å². The summed E-state index contributed by atoms with van der Waals surface area (Å²) in [5.74, 6) is -0.193. The number of methoxy groups -OCH3 is 1. The van der Waals surface area contributed by atoms with E-state index >= 15 is 0 Å². The number of rotatable bonds is 13. The van der Waals surface area contributed by atoms with Crippen LogP contribution in [0.3, 0.4) is 0 Å². The minimum absolute atomic E-state index is 0.0621. The minimum atomic E-state index is -4.12. The van der Waals surface area contributed by atoms with Gasteiger partial charge in [0.2, 0.25) is 11.8 Å².